The van der Waals surface area contributed by atoms with Crippen LogP contribution in [0.2, 0.25) is 0 Å². The Bertz CT molecular complexity index is 811. The summed E-state index contributed by atoms with van der Waals surface area (Å²) in [6.45, 7) is 6.73. The third-order valence-corrected chi connectivity index (χ3v) is 4.24. The van der Waals surface area contributed by atoms with E-state index in [1.165, 1.54) is 0 Å². The van der Waals surface area contributed by atoms with Crippen molar-refractivity contribution in [1.29, 1.82) is 0 Å². The summed E-state index contributed by atoms with van der Waals surface area (Å²) in [4.78, 5) is 27.5. The molecule has 6 nitrogen and oxygen atoms in total. The fourth-order valence-electron chi connectivity index (χ4n) is 2.77. The minimum Gasteiger partial charge on any atom is -0.492 e. The molecule has 1 amide bonds. The highest BCUT2D eigenvalue weighted by atomic mass is 16.6. The van der Waals surface area contributed by atoms with Gasteiger partial charge in [0.2, 0.25) is 0 Å². The molecule has 1 atom stereocenters. The van der Waals surface area contributed by atoms with Crippen LogP contribution in [0.1, 0.15) is 36.7 Å². The van der Waals surface area contributed by atoms with Gasteiger partial charge < -0.3 is 19.7 Å². The van der Waals surface area contributed by atoms with Gasteiger partial charge in [-0.25, -0.2) is 4.79 Å². The monoisotopic (exact) mass is 412 g/mol. The van der Waals surface area contributed by atoms with E-state index in [9.17, 15) is 9.59 Å². The molecule has 0 spiro atoms. The zero-order valence-electron chi connectivity index (χ0n) is 18.5. The van der Waals surface area contributed by atoms with Gasteiger partial charge in [-0.05, 0) is 64.7 Å². The number of ketones is 1. The van der Waals surface area contributed by atoms with E-state index in [1.54, 1.807) is 45.0 Å². The Hall–Kier alpha value is -2.86. The Labute approximate surface area is 179 Å². The number of ether oxygens (including phenoxy) is 2. The SMILES string of the molecule is CN(C)CCOc1ccc(C(=O)C(Cc2ccccc2)NC(=O)OC(C)(C)C)cc1. The van der Waals surface area contributed by atoms with Crippen molar-refractivity contribution in [2.45, 2.75) is 38.8 Å². The lowest BCUT2D eigenvalue weighted by molar-refractivity contribution is 0.0491. The van der Waals surface area contributed by atoms with Crippen LogP contribution in [0.5, 0.6) is 5.75 Å². The first-order chi connectivity index (χ1) is 14.1. The topological polar surface area (TPSA) is 67.9 Å². The average Bonchev–Trinajstić information content (AvgIpc) is 2.66. The molecule has 2 rings (SSSR count). The highest BCUT2D eigenvalue weighted by Gasteiger charge is 2.25. The molecule has 1 unspecified atom stereocenters. The third kappa shape index (κ3) is 8.25. The van der Waals surface area contributed by atoms with E-state index in [4.69, 9.17) is 9.47 Å². The fraction of sp³-hybridized carbons (Fsp3) is 0.417. The predicted octanol–water partition coefficient (Wildman–Crippen LogP) is 3.95. The summed E-state index contributed by atoms with van der Waals surface area (Å²) < 4.78 is 11.0. The van der Waals surface area contributed by atoms with E-state index in [2.05, 4.69) is 5.32 Å². The molecule has 0 saturated heterocycles. The van der Waals surface area contributed by atoms with Gasteiger partial charge in [-0.1, -0.05) is 30.3 Å². The first-order valence-electron chi connectivity index (χ1n) is 10.1. The largest absolute Gasteiger partial charge is 0.492 e. The van der Waals surface area contributed by atoms with Gasteiger partial charge in [-0.15, -0.1) is 0 Å². The Balaban J connectivity index is 2.11. The molecule has 0 aliphatic carbocycles. The van der Waals surface area contributed by atoms with Crippen LogP contribution in [0, 0.1) is 0 Å². The molecule has 0 heterocycles. The minimum absolute atomic E-state index is 0.176. The Morgan fingerprint density at radius 3 is 2.20 bits per heavy atom. The van der Waals surface area contributed by atoms with Crippen molar-refractivity contribution in [3.05, 3.63) is 65.7 Å². The van der Waals surface area contributed by atoms with Crippen LogP contribution in [0.4, 0.5) is 4.79 Å². The van der Waals surface area contributed by atoms with Gasteiger partial charge in [0.05, 0.1) is 6.04 Å². The van der Waals surface area contributed by atoms with Crippen LogP contribution in [0.25, 0.3) is 0 Å². The molecule has 0 aliphatic heterocycles. The molecule has 162 valence electrons. The molecule has 0 saturated carbocycles. The molecule has 0 aromatic heterocycles. The smallest absolute Gasteiger partial charge is 0.408 e. The van der Waals surface area contributed by atoms with Gasteiger partial charge in [0.15, 0.2) is 5.78 Å². The summed E-state index contributed by atoms with van der Waals surface area (Å²) >= 11 is 0. The summed E-state index contributed by atoms with van der Waals surface area (Å²) in [5, 5.41) is 2.73. The lowest BCUT2D eigenvalue weighted by Crippen LogP contribution is -2.44. The number of carbonyl (C=O) groups is 2. The Morgan fingerprint density at radius 1 is 1.00 bits per heavy atom. The number of nitrogens with one attached hydrogen (secondary N) is 1. The highest BCUT2D eigenvalue weighted by Crippen LogP contribution is 2.16. The van der Waals surface area contributed by atoms with Gasteiger partial charge >= 0.3 is 6.09 Å². The van der Waals surface area contributed by atoms with Gasteiger partial charge in [-0.3, -0.25) is 4.79 Å². The number of Topliss-reactive ketones (excluding diaryl/α,β-unsaturated/α-hetero) is 1. The molecular formula is C24H32N2O4. The van der Waals surface area contributed by atoms with Crippen LogP contribution in [-0.4, -0.2) is 55.7 Å². The number of amides is 1. The van der Waals surface area contributed by atoms with E-state index in [0.717, 1.165) is 12.1 Å². The van der Waals surface area contributed by atoms with Gasteiger partial charge in [0.1, 0.15) is 18.0 Å². The van der Waals surface area contributed by atoms with E-state index in [-0.39, 0.29) is 5.78 Å². The molecule has 2 aromatic rings. The van der Waals surface area contributed by atoms with Crippen molar-refractivity contribution in [3.8, 4) is 5.75 Å². The number of hydrogen-bond acceptors (Lipinski definition) is 5. The summed E-state index contributed by atoms with van der Waals surface area (Å²) in [6.07, 6.45) is -0.236. The van der Waals surface area contributed by atoms with E-state index < -0.39 is 17.7 Å². The standard InChI is InChI=1S/C24H32N2O4/c1-24(2,3)30-23(28)25-21(17-18-9-7-6-8-10-18)22(27)19-11-13-20(14-12-19)29-16-15-26(4)5/h6-14,21H,15-17H2,1-5H3,(H,25,28). The summed E-state index contributed by atoms with van der Waals surface area (Å²) in [7, 11) is 3.96. The highest BCUT2D eigenvalue weighted by molar-refractivity contribution is 6.01. The van der Waals surface area contributed by atoms with Crippen molar-refractivity contribution in [3.63, 3.8) is 0 Å². The van der Waals surface area contributed by atoms with Gasteiger partial charge in [-0.2, -0.15) is 0 Å². The van der Waals surface area contributed by atoms with E-state index in [0.29, 0.717) is 24.3 Å². The number of rotatable bonds is 9. The van der Waals surface area contributed by atoms with E-state index >= 15 is 0 Å². The second-order valence-corrected chi connectivity index (χ2v) is 8.43. The summed E-state index contributed by atoms with van der Waals surface area (Å²) in [6, 6.07) is 15.8. The number of benzene rings is 2. The van der Waals surface area contributed by atoms with E-state index in [1.807, 2.05) is 49.3 Å². The van der Waals surface area contributed by atoms with Crippen molar-refractivity contribution >= 4 is 11.9 Å². The lowest BCUT2D eigenvalue weighted by Gasteiger charge is -2.23. The van der Waals surface area contributed by atoms with Crippen LogP contribution in [-0.2, 0) is 11.2 Å². The zero-order chi connectivity index (χ0) is 22.1. The fourth-order valence-corrected chi connectivity index (χ4v) is 2.77. The lowest BCUT2D eigenvalue weighted by atomic mass is 9.97. The molecule has 0 fully saturated rings. The molecule has 2 aromatic carbocycles. The van der Waals surface area contributed by atoms with Gasteiger partial charge in [0, 0.05) is 18.5 Å². The van der Waals surface area contributed by atoms with Crippen LogP contribution in [0.15, 0.2) is 54.6 Å². The second-order valence-electron chi connectivity index (χ2n) is 8.43. The first kappa shape index (κ1) is 23.4. The minimum atomic E-state index is -0.734. The Kier molecular flexibility index (Phi) is 8.42. The third-order valence-electron chi connectivity index (χ3n) is 4.24. The molecule has 1 N–H and O–H groups in total. The van der Waals surface area contributed by atoms with Crippen molar-refractivity contribution in [2.75, 3.05) is 27.2 Å². The van der Waals surface area contributed by atoms with Crippen LogP contribution in [0.3, 0.4) is 0 Å². The van der Waals surface area contributed by atoms with Crippen molar-refractivity contribution < 1.29 is 19.1 Å². The summed E-state index contributed by atoms with van der Waals surface area (Å²) in [5.41, 5.74) is 0.818. The zero-order valence-corrected chi connectivity index (χ0v) is 18.5. The maximum absolute atomic E-state index is 13.1. The normalized spacial score (nSPS) is 12.3. The summed E-state index contributed by atoms with van der Waals surface area (Å²) in [5.74, 6) is 0.526. The van der Waals surface area contributed by atoms with Crippen molar-refractivity contribution in [2.24, 2.45) is 0 Å². The molecule has 0 bridgehead atoms. The average molecular weight is 413 g/mol. The number of hydrogen-bond donors (Lipinski definition) is 1. The quantitative estimate of drug-likeness (QED) is 0.632. The first-order valence-corrected chi connectivity index (χ1v) is 10.1. The van der Waals surface area contributed by atoms with Gasteiger partial charge in [0.25, 0.3) is 0 Å². The predicted molar refractivity (Wildman–Crippen MR) is 118 cm³/mol. The number of nitrogens with zero attached hydrogens (tertiary/aromatic N) is 1. The molecule has 0 aliphatic rings. The number of alkyl carbamates (subject to hydrolysis) is 1. The van der Waals surface area contributed by atoms with Crippen LogP contribution >= 0.6 is 0 Å². The Morgan fingerprint density at radius 2 is 1.63 bits per heavy atom. The maximum atomic E-state index is 13.1. The number of likely N-dealkylation sites (N-methyl/N-ethyl adjacent to an activating group) is 1. The number of carbonyl (C=O) groups excluding carboxylic acids is 2. The van der Waals surface area contributed by atoms with Crippen LogP contribution < -0.4 is 10.1 Å². The molecule has 6 heteroatoms. The molecule has 0 radical (unpaired) electrons. The second kappa shape index (κ2) is 10.8. The molecule has 30 heavy (non-hydrogen) atoms. The van der Waals surface area contributed by atoms with Crippen molar-refractivity contribution in [1.82, 2.24) is 10.2 Å². The molecular weight excluding hydrogens is 380 g/mol. The maximum Gasteiger partial charge on any atom is 0.408 e.